The average Bonchev–Trinajstić information content (AvgIpc) is 3.32. The second-order valence-electron chi connectivity index (χ2n) is 7.78. The first kappa shape index (κ1) is 21.1. The van der Waals surface area contributed by atoms with E-state index in [9.17, 15) is 19.7 Å². The number of hydrogen-bond acceptors (Lipinski definition) is 6. The Morgan fingerprint density at radius 3 is 2.52 bits per heavy atom. The Morgan fingerprint density at radius 2 is 1.97 bits per heavy atom. The topological polar surface area (TPSA) is 102 Å². The number of nitrogens with one attached hydrogen (secondary N) is 1. The zero-order valence-electron chi connectivity index (χ0n) is 17.1. The number of carbonyl (C=O) groups excluding carboxylic acids is 2. The summed E-state index contributed by atoms with van der Waals surface area (Å²) in [4.78, 5) is 38.0. The molecule has 1 aromatic carbocycles. The van der Waals surface area contributed by atoms with E-state index in [4.69, 9.17) is 4.74 Å². The highest BCUT2D eigenvalue weighted by atomic mass is 16.6. The van der Waals surface area contributed by atoms with Crippen LogP contribution in [0.2, 0.25) is 0 Å². The maximum absolute atomic E-state index is 13.2. The van der Waals surface area contributed by atoms with Crippen LogP contribution in [0.1, 0.15) is 63.9 Å². The van der Waals surface area contributed by atoms with Crippen molar-refractivity contribution in [2.24, 2.45) is 0 Å². The fraction of sp³-hybridized carbons (Fsp3) is 0.619. The van der Waals surface area contributed by atoms with Crippen LogP contribution in [-0.2, 0) is 19.9 Å². The fourth-order valence-electron chi connectivity index (χ4n) is 4.49. The van der Waals surface area contributed by atoms with Crippen LogP contribution in [0.5, 0.6) is 0 Å². The normalized spacial score (nSPS) is 17.6. The standard InChI is InChI=1S/C21H29N3O5/c1-3-29-20(26)11-10-19(25)23(16-6-4-5-7-16)21(12-13-21)15-8-9-17(22-2)18(14-15)24(27)28/h8-9,14,16,22H,3-7,10-13H2,1-2H3. The summed E-state index contributed by atoms with van der Waals surface area (Å²) in [6.07, 6.45) is 5.74. The zero-order valence-corrected chi connectivity index (χ0v) is 17.1. The fourth-order valence-corrected chi connectivity index (χ4v) is 4.49. The Hall–Kier alpha value is -2.64. The summed E-state index contributed by atoms with van der Waals surface area (Å²) in [7, 11) is 1.65. The van der Waals surface area contributed by atoms with E-state index in [1.807, 2.05) is 11.0 Å². The summed E-state index contributed by atoms with van der Waals surface area (Å²) in [5.74, 6) is -0.436. The SMILES string of the molecule is CCOC(=O)CCC(=O)N(C1CCCC1)C1(c2ccc(NC)c([N+](=O)[O-])c2)CC1. The molecule has 0 aromatic heterocycles. The minimum atomic E-state index is -0.502. The lowest BCUT2D eigenvalue weighted by Gasteiger charge is -2.38. The molecule has 0 saturated heterocycles. The first-order valence-electron chi connectivity index (χ1n) is 10.4. The molecule has 1 N–H and O–H groups in total. The van der Waals surface area contributed by atoms with Crippen LogP contribution < -0.4 is 5.32 Å². The van der Waals surface area contributed by atoms with Gasteiger partial charge in [-0.15, -0.1) is 0 Å². The maximum Gasteiger partial charge on any atom is 0.306 e. The van der Waals surface area contributed by atoms with Crippen molar-refractivity contribution in [1.82, 2.24) is 4.90 Å². The van der Waals surface area contributed by atoms with Gasteiger partial charge in [0, 0.05) is 25.6 Å². The quantitative estimate of drug-likeness (QED) is 0.383. The third-order valence-electron chi connectivity index (χ3n) is 5.99. The van der Waals surface area contributed by atoms with E-state index in [-0.39, 0.29) is 36.4 Å². The summed E-state index contributed by atoms with van der Waals surface area (Å²) in [5, 5.41) is 14.4. The molecule has 8 heteroatoms. The van der Waals surface area contributed by atoms with E-state index in [0.29, 0.717) is 12.3 Å². The van der Waals surface area contributed by atoms with E-state index in [1.165, 1.54) is 0 Å². The number of nitrogens with zero attached hydrogens (tertiary/aromatic N) is 2. The van der Waals surface area contributed by atoms with Crippen molar-refractivity contribution >= 4 is 23.3 Å². The Balaban J connectivity index is 1.89. The minimum absolute atomic E-state index is 0.0154. The van der Waals surface area contributed by atoms with Crippen molar-refractivity contribution in [2.75, 3.05) is 19.0 Å². The molecule has 29 heavy (non-hydrogen) atoms. The van der Waals surface area contributed by atoms with Gasteiger partial charge in [-0.25, -0.2) is 0 Å². The number of nitro benzene ring substituents is 1. The molecule has 1 amide bonds. The average molecular weight is 403 g/mol. The van der Waals surface area contributed by atoms with Crippen LogP contribution >= 0.6 is 0 Å². The highest BCUT2D eigenvalue weighted by Crippen LogP contribution is 2.54. The van der Waals surface area contributed by atoms with Gasteiger partial charge in [0.05, 0.1) is 23.5 Å². The van der Waals surface area contributed by atoms with Gasteiger partial charge >= 0.3 is 5.97 Å². The minimum Gasteiger partial charge on any atom is -0.466 e. The van der Waals surface area contributed by atoms with Crippen LogP contribution in [0.25, 0.3) is 0 Å². The van der Waals surface area contributed by atoms with Crippen molar-refractivity contribution in [2.45, 2.75) is 69.9 Å². The molecule has 0 atom stereocenters. The predicted octanol–water partition coefficient (Wildman–Crippen LogP) is 3.74. The van der Waals surface area contributed by atoms with Gasteiger partial charge in [-0.2, -0.15) is 0 Å². The van der Waals surface area contributed by atoms with Gasteiger partial charge in [-0.1, -0.05) is 18.9 Å². The smallest absolute Gasteiger partial charge is 0.306 e. The molecule has 3 rings (SSSR count). The predicted molar refractivity (Wildman–Crippen MR) is 109 cm³/mol. The van der Waals surface area contributed by atoms with Crippen molar-refractivity contribution in [3.8, 4) is 0 Å². The van der Waals surface area contributed by atoms with Crippen LogP contribution in [0.4, 0.5) is 11.4 Å². The Morgan fingerprint density at radius 1 is 1.28 bits per heavy atom. The van der Waals surface area contributed by atoms with Gasteiger partial charge in [0.15, 0.2) is 0 Å². The van der Waals surface area contributed by atoms with Crippen molar-refractivity contribution in [3.63, 3.8) is 0 Å². The molecule has 2 fully saturated rings. The molecule has 0 radical (unpaired) electrons. The van der Waals surface area contributed by atoms with E-state index < -0.39 is 10.5 Å². The summed E-state index contributed by atoms with van der Waals surface area (Å²) in [6, 6.07) is 5.31. The van der Waals surface area contributed by atoms with E-state index in [2.05, 4.69) is 5.32 Å². The van der Waals surface area contributed by atoms with Crippen LogP contribution in [-0.4, -0.2) is 41.4 Å². The van der Waals surface area contributed by atoms with Crippen LogP contribution in [0.3, 0.4) is 0 Å². The molecule has 0 spiro atoms. The number of carbonyl (C=O) groups is 2. The van der Waals surface area contributed by atoms with Crippen LogP contribution in [0, 0.1) is 10.1 Å². The first-order valence-corrected chi connectivity index (χ1v) is 10.4. The molecule has 0 bridgehead atoms. The second kappa shape index (κ2) is 8.80. The van der Waals surface area contributed by atoms with Gasteiger partial charge < -0.3 is 15.0 Å². The lowest BCUT2D eigenvalue weighted by molar-refractivity contribution is -0.384. The number of rotatable bonds is 9. The van der Waals surface area contributed by atoms with Gasteiger partial charge in [0.2, 0.25) is 5.91 Å². The lowest BCUT2D eigenvalue weighted by atomic mass is 9.97. The first-order chi connectivity index (χ1) is 13.9. The van der Waals surface area contributed by atoms with Crippen LogP contribution in [0.15, 0.2) is 18.2 Å². The number of hydrogen-bond donors (Lipinski definition) is 1. The highest BCUT2D eigenvalue weighted by molar-refractivity contribution is 5.83. The molecule has 2 aliphatic carbocycles. The highest BCUT2D eigenvalue weighted by Gasteiger charge is 2.54. The maximum atomic E-state index is 13.2. The van der Waals surface area contributed by atoms with Gasteiger partial charge in [0.1, 0.15) is 5.69 Å². The van der Waals surface area contributed by atoms with E-state index in [0.717, 1.165) is 44.1 Å². The monoisotopic (exact) mass is 403 g/mol. The number of amides is 1. The van der Waals surface area contributed by atoms with Crippen molar-refractivity contribution in [3.05, 3.63) is 33.9 Å². The second-order valence-corrected chi connectivity index (χ2v) is 7.78. The summed E-state index contributed by atoms with van der Waals surface area (Å²) in [6.45, 7) is 2.04. The van der Waals surface area contributed by atoms with E-state index in [1.54, 1.807) is 26.1 Å². The molecule has 0 aliphatic heterocycles. The third kappa shape index (κ3) is 4.36. The molecule has 2 aliphatic rings. The molecule has 1 aromatic rings. The lowest BCUT2D eigenvalue weighted by Crippen LogP contribution is -2.46. The number of nitro groups is 1. The Bertz CT molecular complexity index is 785. The molecule has 2 saturated carbocycles. The number of esters is 1. The molecule has 0 heterocycles. The van der Waals surface area contributed by atoms with Gasteiger partial charge in [-0.3, -0.25) is 19.7 Å². The number of benzene rings is 1. The zero-order chi connectivity index (χ0) is 21.0. The Labute approximate surface area is 170 Å². The number of ether oxygens (including phenoxy) is 1. The summed E-state index contributed by atoms with van der Waals surface area (Å²) < 4.78 is 4.96. The largest absolute Gasteiger partial charge is 0.466 e. The molecule has 158 valence electrons. The van der Waals surface area contributed by atoms with Gasteiger partial charge in [0.25, 0.3) is 5.69 Å². The Kier molecular flexibility index (Phi) is 6.39. The van der Waals surface area contributed by atoms with E-state index >= 15 is 0 Å². The third-order valence-corrected chi connectivity index (χ3v) is 5.99. The molecule has 8 nitrogen and oxygen atoms in total. The van der Waals surface area contributed by atoms with Crippen molar-refractivity contribution < 1.29 is 19.2 Å². The molecular formula is C21H29N3O5. The van der Waals surface area contributed by atoms with Crippen molar-refractivity contribution in [1.29, 1.82) is 0 Å². The molecular weight excluding hydrogens is 374 g/mol. The number of anilines is 1. The summed E-state index contributed by atoms with van der Waals surface area (Å²) >= 11 is 0. The molecule has 0 unspecified atom stereocenters. The van der Waals surface area contributed by atoms with Gasteiger partial charge in [-0.05, 0) is 44.2 Å². The summed E-state index contributed by atoms with van der Waals surface area (Å²) in [5.41, 5.74) is 0.773.